The highest BCUT2D eigenvalue weighted by molar-refractivity contribution is 4.72. The molecule has 0 fully saturated rings. The summed E-state index contributed by atoms with van der Waals surface area (Å²) in [7, 11) is 0. The number of aliphatic hydroxyl groups excluding tert-OH is 2. The second-order valence-electron chi connectivity index (χ2n) is 3.97. The van der Waals surface area contributed by atoms with Crippen LogP contribution in [0.3, 0.4) is 0 Å². The lowest BCUT2D eigenvalue weighted by atomic mass is 10.3. The zero-order valence-electron chi connectivity index (χ0n) is 13.4. The zero-order chi connectivity index (χ0) is 16.1. The van der Waals surface area contributed by atoms with Gasteiger partial charge in [0, 0.05) is 19.8 Å². The fourth-order valence-electron chi connectivity index (χ4n) is 1.76. The second-order valence-corrected chi connectivity index (χ2v) is 3.97. The van der Waals surface area contributed by atoms with Crippen molar-refractivity contribution in [3.05, 3.63) is 0 Å². The molecule has 0 aromatic heterocycles. The highest BCUT2D eigenvalue weighted by Crippen LogP contribution is 2.27. The van der Waals surface area contributed by atoms with Crippen LogP contribution >= 0.6 is 0 Å². The van der Waals surface area contributed by atoms with Crippen molar-refractivity contribution in [1.82, 2.24) is 5.23 Å². The van der Waals surface area contributed by atoms with E-state index in [1.165, 1.54) is 0 Å². The summed E-state index contributed by atoms with van der Waals surface area (Å²) in [5.41, 5.74) is 0. The van der Waals surface area contributed by atoms with E-state index >= 15 is 0 Å². The molecule has 0 aliphatic carbocycles. The van der Waals surface area contributed by atoms with Gasteiger partial charge in [0.25, 0.3) is 0 Å². The van der Waals surface area contributed by atoms with Crippen molar-refractivity contribution in [2.45, 2.75) is 39.7 Å². The summed E-state index contributed by atoms with van der Waals surface area (Å²) >= 11 is 0. The Morgan fingerprint density at radius 2 is 1.38 bits per heavy atom. The monoisotopic (exact) mass is 311 g/mol. The molecule has 1 atom stereocenters. The first kappa shape index (κ1) is 20.7. The first-order valence-electron chi connectivity index (χ1n) is 7.30. The molecule has 0 aliphatic heterocycles. The lowest BCUT2D eigenvalue weighted by Crippen LogP contribution is -2.60. The summed E-state index contributed by atoms with van der Waals surface area (Å²) in [6.45, 7) is 7.95. The van der Waals surface area contributed by atoms with Crippen molar-refractivity contribution in [1.29, 1.82) is 0 Å². The number of hydrogen-bond acceptors (Lipinski definition) is 8. The van der Waals surface area contributed by atoms with Crippen LogP contribution in [-0.2, 0) is 23.9 Å². The molecule has 0 spiro atoms. The number of aliphatic hydroxyl groups is 2. The number of ether oxygens (including phenoxy) is 3. The molecule has 8 heteroatoms. The van der Waals surface area contributed by atoms with Crippen LogP contribution in [0.15, 0.2) is 0 Å². The summed E-state index contributed by atoms with van der Waals surface area (Å²) in [5, 5.41) is 18.9. The summed E-state index contributed by atoms with van der Waals surface area (Å²) < 4.78 is 17.0. The minimum Gasteiger partial charge on any atom is -0.394 e. The van der Waals surface area contributed by atoms with Crippen molar-refractivity contribution >= 4 is 0 Å². The van der Waals surface area contributed by atoms with Crippen molar-refractivity contribution < 1.29 is 34.1 Å². The van der Waals surface area contributed by atoms with E-state index in [9.17, 15) is 0 Å². The van der Waals surface area contributed by atoms with Crippen LogP contribution in [0.4, 0.5) is 0 Å². The Morgan fingerprint density at radius 3 is 1.71 bits per heavy atom. The van der Waals surface area contributed by atoms with Gasteiger partial charge in [0.15, 0.2) is 0 Å². The van der Waals surface area contributed by atoms with Crippen LogP contribution in [0.25, 0.3) is 0 Å². The Hall–Kier alpha value is -0.320. The molecule has 8 nitrogen and oxygen atoms in total. The fourth-order valence-corrected chi connectivity index (χ4v) is 1.76. The number of rotatable bonds is 14. The summed E-state index contributed by atoms with van der Waals surface area (Å²) in [6, 6.07) is 0. The third kappa shape index (κ3) is 6.54. The fraction of sp³-hybridized carbons (Fsp3) is 1.00. The molecule has 1 unspecified atom stereocenters. The smallest absolute Gasteiger partial charge is 0.304 e. The normalized spacial score (nSPS) is 13.9. The largest absolute Gasteiger partial charge is 0.394 e. The van der Waals surface area contributed by atoms with E-state index in [-0.39, 0.29) is 26.4 Å². The molecule has 21 heavy (non-hydrogen) atoms. The molecule has 0 aliphatic rings. The van der Waals surface area contributed by atoms with Crippen molar-refractivity contribution in [2.75, 3.05) is 46.2 Å². The molecule has 0 bridgehead atoms. The maximum Gasteiger partial charge on any atom is 0.304 e. The summed E-state index contributed by atoms with van der Waals surface area (Å²) in [6.07, 6.45) is -0.528. The summed E-state index contributed by atoms with van der Waals surface area (Å²) in [4.78, 5) is 10.7. The van der Waals surface area contributed by atoms with Crippen LogP contribution in [0.2, 0.25) is 0 Å². The standard InChI is InChI=1S/C13H29NO7/c1-5-17-12(4)13(18-6-2,19-7-3)14(20-10-8-15)21-11-9-16/h12,15-16H,5-11H2,1-4H3. The molecular weight excluding hydrogens is 282 g/mol. The third-order valence-corrected chi connectivity index (χ3v) is 2.49. The first-order chi connectivity index (χ1) is 10.1. The molecular formula is C13H29NO7. The van der Waals surface area contributed by atoms with Gasteiger partial charge < -0.3 is 24.4 Å². The maximum absolute atomic E-state index is 8.94. The second kappa shape index (κ2) is 12.2. The Morgan fingerprint density at radius 1 is 0.905 bits per heavy atom. The first-order valence-corrected chi connectivity index (χ1v) is 7.30. The zero-order valence-corrected chi connectivity index (χ0v) is 13.4. The molecule has 0 saturated carbocycles. The number of hydrogen-bond donors (Lipinski definition) is 2. The molecule has 0 aromatic rings. The van der Waals surface area contributed by atoms with Gasteiger partial charge in [0.05, 0.1) is 26.4 Å². The molecule has 0 amide bonds. The van der Waals surface area contributed by atoms with E-state index < -0.39 is 12.0 Å². The molecule has 0 rings (SSSR count). The van der Waals surface area contributed by atoms with E-state index in [0.29, 0.717) is 19.8 Å². The predicted octanol–water partition coefficient (Wildman–Crippen LogP) is 0.288. The van der Waals surface area contributed by atoms with E-state index in [0.717, 1.165) is 5.23 Å². The Kier molecular flexibility index (Phi) is 12.1. The predicted molar refractivity (Wildman–Crippen MR) is 75.0 cm³/mol. The van der Waals surface area contributed by atoms with Gasteiger partial charge in [-0.15, -0.1) is 0 Å². The Labute approximate surface area is 126 Å². The van der Waals surface area contributed by atoms with Gasteiger partial charge in [0.1, 0.15) is 6.10 Å². The van der Waals surface area contributed by atoms with Crippen LogP contribution in [0.5, 0.6) is 0 Å². The third-order valence-electron chi connectivity index (χ3n) is 2.49. The van der Waals surface area contributed by atoms with Crippen LogP contribution < -0.4 is 0 Å². The van der Waals surface area contributed by atoms with Gasteiger partial charge in [-0.25, -0.2) is 0 Å². The van der Waals surface area contributed by atoms with E-state index in [1.807, 2.05) is 20.8 Å². The van der Waals surface area contributed by atoms with Crippen molar-refractivity contribution in [3.63, 3.8) is 0 Å². The summed E-state index contributed by atoms with van der Waals surface area (Å²) in [5.74, 6) is -1.43. The highest BCUT2D eigenvalue weighted by atomic mass is 17.0. The number of nitrogens with zero attached hydrogens (tertiary/aromatic N) is 1. The highest BCUT2D eigenvalue weighted by Gasteiger charge is 2.48. The molecule has 128 valence electrons. The van der Waals surface area contributed by atoms with Gasteiger partial charge in [-0.2, -0.15) is 0 Å². The molecule has 0 saturated heterocycles. The lowest BCUT2D eigenvalue weighted by molar-refractivity contribution is -0.534. The maximum atomic E-state index is 8.94. The molecule has 2 N–H and O–H groups in total. The van der Waals surface area contributed by atoms with Gasteiger partial charge in [0.2, 0.25) is 0 Å². The van der Waals surface area contributed by atoms with Crippen molar-refractivity contribution in [3.8, 4) is 0 Å². The van der Waals surface area contributed by atoms with Crippen LogP contribution in [0, 0.1) is 0 Å². The van der Waals surface area contributed by atoms with Crippen LogP contribution in [-0.4, -0.2) is 73.7 Å². The number of hydroxylamine groups is 2. The SMILES string of the molecule is CCOC(C)C(OCC)(OCC)N(OCCO)OCCO. The van der Waals surface area contributed by atoms with Gasteiger partial charge in [-0.1, -0.05) is 0 Å². The minimum absolute atomic E-state index is 0.00777. The van der Waals surface area contributed by atoms with Crippen LogP contribution in [0.1, 0.15) is 27.7 Å². The average molecular weight is 311 g/mol. The van der Waals surface area contributed by atoms with Crippen molar-refractivity contribution in [2.24, 2.45) is 0 Å². The van der Waals surface area contributed by atoms with E-state index in [4.69, 9.17) is 34.1 Å². The van der Waals surface area contributed by atoms with Gasteiger partial charge in [-0.05, 0) is 32.9 Å². The van der Waals surface area contributed by atoms with E-state index in [1.54, 1.807) is 6.92 Å². The molecule has 0 radical (unpaired) electrons. The molecule has 0 aromatic carbocycles. The lowest BCUT2D eigenvalue weighted by Gasteiger charge is -2.42. The Bertz CT molecular complexity index is 229. The van der Waals surface area contributed by atoms with E-state index in [2.05, 4.69) is 0 Å². The van der Waals surface area contributed by atoms with Gasteiger partial charge >= 0.3 is 5.91 Å². The Balaban J connectivity index is 5.27. The topological polar surface area (TPSA) is 89.9 Å². The van der Waals surface area contributed by atoms with Gasteiger partial charge in [-0.3, -0.25) is 9.68 Å². The quantitative estimate of drug-likeness (QED) is 0.349. The average Bonchev–Trinajstić information content (AvgIpc) is 2.47. The minimum atomic E-state index is -1.43. The molecule has 0 heterocycles.